The largest absolute Gasteiger partial charge is 0.384 e. The van der Waals surface area contributed by atoms with E-state index in [2.05, 4.69) is 40.6 Å². The maximum Gasteiger partial charge on any atom is 0.258 e. The molecule has 3 aromatic rings. The summed E-state index contributed by atoms with van der Waals surface area (Å²) < 4.78 is 0. The molecule has 0 bridgehead atoms. The Morgan fingerprint density at radius 2 is 1.89 bits per heavy atom. The lowest BCUT2D eigenvalue weighted by molar-refractivity contribution is -0.138. The molecule has 2 fully saturated rings. The zero-order valence-corrected chi connectivity index (χ0v) is 20.2. The van der Waals surface area contributed by atoms with Gasteiger partial charge in [-0.25, -0.2) is 4.99 Å². The molecule has 1 aromatic heterocycles. The number of likely N-dealkylation sites (tertiary alicyclic amines) is 1. The molecular weight excluding hydrogens is 454 g/mol. The Kier molecular flexibility index (Phi) is 5.58. The Morgan fingerprint density at radius 3 is 2.61 bits per heavy atom. The van der Waals surface area contributed by atoms with E-state index in [1.54, 1.807) is 11.1 Å². The third kappa shape index (κ3) is 3.86. The van der Waals surface area contributed by atoms with Crippen molar-refractivity contribution in [2.75, 3.05) is 32.7 Å². The number of pyridine rings is 1. The lowest BCUT2D eigenvalue weighted by Crippen LogP contribution is -2.63. The molecule has 0 radical (unpaired) electrons. The van der Waals surface area contributed by atoms with E-state index in [9.17, 15) is 14.7 Å². The maximum atomic E-state index is 13.5. The Bertz CT molecular complexity index is 1360. The van der Waals surface area contributed by atoms with Gasteiger partial charge in [0.1, 0.15) is 11.9 Å². The van der Waals surface area contributed by atoms with Gasteiger partial charge in [0, 0.05) is 49.9 Å². The molecule has 2 amide bonds. The average Bonchev–Trinajstić information content (AvgIpc) is 3.46. The Morgan fingerprint density at radius 1 is 1.14 bits per heavy atom. The van der Waals surface area contributed by atoms with Crippen LogP contribution in [-0.2, 0) is 9.59 Å². The second-order valence-electron chi connectivity index (χ2n) is 10.1. The molecule has 184 valence electrons. The highest BCUT2D eigenvalue weighted by atomic mass is 16.3. The SMILES string of the molecule is CC(O)C(=O)N1CC[C@@H](CN2C(=O)C3(CNC3)N=C2c2ccc(-c3ccc4cccnc4c3)cc2)C1. The van der Waals surface area contributed by atoms with E-state index in [1.165, 1.54) is 6.92 Å². The molecular formula is C28H29N5O3. The predicted octanol–water partition coefficient (Wildman–Crippen LogP) is 2.06. The molecule has 2 atom stereocenters. The summed E-state index contributed by atoms with van der Waals surface area (Å²) in [4.78, 5) is 38.6. The van der Waals surface area contributed by atoms with E-state index in [-0.39, 0.29) is 17.7 Å². The number of carbonyl (C=O) groups excluding carboxylic acids is 2. The van der Waals surface area contributed by atoms with Crippen LogP contribution >= 0.6 is 0 Å². The first-order valence-electron chi connectivity index (χ1n) is 12.5. The van der Waals surface area contributed by atoms with Crippen LogP contribution in [0.1, 0.15) is 18.9 Å². The summed E-state index contributed by atoms with van der Waals surface area (Å²) in [7, 11) is 0. The number of carbonyl (C=O) groups is 2. The summed E-state index contributed by atoms with van der Waals surface area (Å²) in [5, 5.41) is 14.0. The lowest BCUT2D eigenvalue weighted by atomic mass is 9.92. The Labute approximate surface area is 209 Å². The number of rotatable bonds is 5. The van der Waals surface area contributed by atoms with Crippen molar-refractivity contribution in [3.05, 3.63) is 66.4 Å². The van der Waals surface area contributed by atoms with Crippen molar-refractivity contribution in [2.45, 2.75) is 25.0 Å². The minimum atomic E-state index is -1.00. The van der Waals surface area contributed by atoms with Gasteiger partial charge in [-0.1, -0.05) is 42.5 Å². The number of aromatic nitrogens is 1. The van der Waals surface area contributed by atoms with Gasteiger partial charge in [-0.15, -0.1) is 0 Å². The number of fused-ring (bicyclic) bond motifs is 1. The van der Waals surface area contributed by atoms with Gasteiger partial charge in [0.05, 0.1) is 5.52 Å². The summed E-state index contributed by atoms with van der Waals surface area (Å²) in [5.41, 5.74) is 3.30. The normalized spacial score (nSPS) is 21.7. The van der Waals surface area contributed by atoms with Gasteiger partial charge in [0.25, 0.3) is 11.8 Å². The molecule has 8 nitrogen and oxygen atoms in total. The van der Waals surface area contributed by atoms with Gasteiger partial charge in [-0.2, -0.15) is 0 Å². The zero-order valence-electron chi connectivity index (χ0n) is 20.2. The van der Waals surface area contributed by atoms with Crippen molar-refractivity contribution < 1.29 is 14.7 Å². The third-order valence-electron chi connectivity index (χ3n) is 7.53. The minimum absolute atomic E-state index is 0.0289. The van der Waals surface area contributed by atoms with Gasteiger partial charge >= 0.3 is 0 Å². The van der Waals surface area contributed by atoms with Gasteiger partial charge in [0.15, 0.2) is 5.54 Å². The Hall–Kier alpha value is -3.62. The highest BCUT2D eigenvalue weighted by Gasteiger charge is 2.53. The van der Waals surface area contributed by atoms with Crippen LogP contribution in [0, 0.1) is 5.92 Å². The fourth-order valence-corrected chi connectivity index (χ4v) is 5.40. The van der Waals surface area contributed by atoms with E-state index in [0.717, 1.165) is 34.0 Å². The number of nitrogens with zero attached hydrogens (tertiary/aromatic N) is 4. The summed E-state index contributed by atoms with van der Waals surface area (Å²) in [6.45, 7) is 4.25. The minimum Gasteiger partial charge on any atom is -0.384 e. The standard InChI is InChI=1S/C28H29N5O3/c1-18(34)26(35)32-12-10-19(14-32)15-33-25(31-28(27(33)36)16-29-17-28)22-7-4-20(5-8-22)23-9-6-21-3-2-11-30-24(21)13-23/h2-9,11,13,18-19,29,34H,10,12,14-17H2,1H3/t18?,19-/m1/s1. The van der Waals surface area contributed by atoms with Crippen LogP contribution in [0.25, 0.3) is 22.0 Å². The van der Waals surface area contributed by atoms with Crippen molar-refractivity contribution in [1.29, 1.82) is 0 Å². The predicted molar refractivity (Wildman–Crippen MR) is 137 cm³/mol. The molecule has 1 unspecified atom stereocenters. The van der Waals surface area contributed by atoms with Crippen LogP contribution in [0.3, 0.4) is 0 Å². The van der Waals surface area contributed by atoms with Crippen molar-refractivity contribution in [2.24, 2.45) is 10.9 Å². The molecule has 0 saturated carbocycles. The number of aliphatic hydroxyl groups excluding tert-OH is 1. The molecule has 4 heterocycles. The van der Waals surface area contributed by atoms with E-state index in [1.807, 2.05) is 29.2 Å². The van der Waals surface area contributed by atoms with Crippen LogP contribution in [0.15, 0.2) is 65.8 Å². The fraction of sp³-hybridized carbons (Fsp3) is 0.357. The lowest BCUT2D eigenvalue weighted by Gasteiger charge is -2.35. The summed E-state index contributed by atoms with van der Waals surface area (Å²) in [6.07, 6.45) is 1.60. The van der Waals surface area contributed by atoms with E-state index in [4.69, 9.17) is 4.99 Å². The van der Waals surface area contributed by atoms with Crippen LogP contribution in [-0.4, -0.2) is 81.9 Å². The molecule has 2 N–H and O–H groups in total. The molecule has 2 aromatic carbocycles. The molecule has 36 heavy (non-hydrogen) atoms. The molecule has 8 heteroatoms. The number of aliphatic hydroxyl groups is 1. The topological polar surface area (TPSA) is 98.1 Å². The van der Waals surface area contributed by atoms with Crippen molar-refractivity contribution in [1.82, 2.24) is 20.1 Å². The third-order valence-corrected chi connectivity index (χ3v) is 7.53. The number of amidine groups is 1. The van der Waals surface area contributed by atoms with Gasteiger partial charge in [-0.05, 0) is 42.5 Å². The first kappa shape index (κ1) is 22.8. The molecule has 0 aliphatic carbocycles. The van der Waals surface area contributed by atoms with E-state index >= 15 is 0 Å². The summed E-state index contributed by atoms with van der Waals surface area (Å²) in [5.74, 6) is 0.627. The van der Waals surface area contributed by atoms with Crippen molar-refractivity contribution in [3.8, 4) is 11.1 Å². The van der Waals surface area contributed by atoms with Crippen LogP contribution < -0.4 is 5.32 Å². The van der Waals surface area contributed by atoms with E-state index < -0.39 is 11.6 Å². The molecule has 6 rings (SSSR count). The van der Waals surface area contributed by atoms with Gasteiger partial charge < -0.3 is 15.3 Å². The Balaban J connectivity index is 1.25. The monoisotopic (exact) mass is 483 g/mol. The number of hydrogen-bond acceptors (Lipinski definition) is 6. The average molecular weight is 484 g/mol. The number of amides is 2. The van der Waals surface area contributed by atoms with Crippen molar-refractivity contribution in [3.63, 3.8) is 0 Å². The highest BCUT2D eigenvalue weighted by Crippen LogP contribution is 2.32. The first-order valence-corrected chi connectivity index (χ1v) is 12.5. The molecule has 3 aliphatic rings. The first-order chi connectivity index (χ1) is 17.4. The van der Waals surface area contributed by atoms with Crippen LogP contribution in [0.4, 0.5) is 0 Å². The number of hydrogen-bond donors (Lipinski definition) is 2. The zero-order chi connectivity index (χ0) is 24.9. The number of aliphatic imine (C=N–C) groups is 1. The van der Waals surface area contributed by atoms with Crippen LogP contribution in [0.5, 0.6) is 0 Å². The molecule has 1 spiro atoms. The van der Waals surface area contributed by atoms with Crippen LogP contribution in [0.2, 0.25) is 0 Å². The quantitative estimate of drug-likeness (QED) is 0.579. The number of nitrogens with one attached hydrogen (secondary N) is 1. The van der Waals surface area contributed by atoms with Crippen molar-refractivity contribution >= 4 is 28.6 Å². The summed E-state index contributed by atoms with van der Waals surface area (Å²) >= 11 is 0. The van der Waals surface area contributed by atoms with Gasteiger partial charge in [-0.3, -0.25) is 19.5 Å². The second-order valence-corrected chi connectivity index (χ2v) is 10.1. The maximum absolute atomic E-state index is 13.5. The molecule has 2 saturated heterocycles. The highest BCUT2D eigenvalue weighted by molar-refractivity contribution is 6.16. The van der Waals surface area contributed by atoms with Gasteiger partial charge in [0.2, 0.25) is 0 Å². The van der Waals surface area contributed by atoms with E-state index in [0.29, 0.717) is 38.6 Å². The summed E-state index contributed by atoms with van der Waals surface area (Å²) in [6, 6.07) is 18.4. The smallest absolute Gasteiger partial charge is 0.258 e. The number of benzene rings is 2. The fourth-order valence-electron chi connectivity index (χ4n) is 5.40. The molecule has 3 aliphatic heterocycles. The second kappa shape index (κ2) is 8.80.